The van der Waals surface area contributed by atoms with Crippen LogP contribution in [0.25, 0.3) is 0 Å². The van der Waals surface area contributed by atoms with Crippen LogP contribution in [0.5, 0.6) is 0 Å². The molecule has 15 heavy (non-hydrogen) atoms. The number of nitrogens with zero attached hydrogens (tertiary/aromatic N) is 1. The predicted molar refractivity (Wildman–Crippen MR) is 63.1 cm³/mol. The molecule has 1 unspecified atom stereocenters. The molecule has 1 heterocycles. The zero-order chi connectivity index (χ0) is 11.6. The summed E-state index contributed by atoms with van der Waals surface area (Å²) in [6, 6.07) is 1.74. The summed E-state index contributed by atoms with van der Waals surface area (Å²) in [5.41, 5.74) is -0.514. The third-order valence-electron chi connectivity index (χ3n) is 2.99. The highest BCUT2D eigenvalue weighted by molar-refractivity contribution is 9.10. The van der Waals surface area contributed by atoms with E-state index in [1.54, 1.807) is 6.07 Å². The fourth-order valence-electron chi connectivity index (χ4n) is 1.38. The molecule has 1 aromatic rings. The molecule has 0 spiro atoms. The summed E-state index contributed by atoms with van der Waals surface area (Å²) in [5.74, 6) is 0.403. The number of hydrogen-bond donors (Lipinski definition) is 0. The van der Waals surface area contributed by atoms with Gasteiger partial charge in [-0.25, -0.2) is 0 Å². The van der Waals surface area contributed by atoms with Gasteiger partial charge in [-0.3, -0.25) is 9.69 Å². The van der Waals surface area contributed by atoms with Gasteiger partial charge < -0.3 is 4.42 Å². The number of carbonyl (C=O) groups excluding carboxylic acids is 1. The molecule has 0 aliphatic rings. The minimum Gasteiger partial charge on any atom is -0.460 e. The van der Waals surface area contributed by atoms with Crippen molar-refractivity contribution in [2.75, 3.05) is 14.1 Å². The van der Waals surface area contributed by atoms with Crippen molar-refractivity contribution in [2.45, 2.75) is 25.8 Å². The van der Waals surface area contributed by atoms with Crippen LogP contribution in [-0.2, 0) is 0 Å². The van der Waals surface area contributed by atoms with Crippen LogP contribution < -0.4 is 0 Å². The molecule has 1 rings (SSSR count). The van der Waals surface area contributed by atoms with Gasteiger partial charge in [-0.15, -0.1) is 0 Å². The Bertz CT molecular complexity index is 359. The molecule has 0 aliphatic carbocycles. The van der Waals surface area contributed by atoms with E-state index in [0.717, 1.165) is 6.42 Å². The molecule has 0 amide bonds. The Morgan fingerprint density at radius 1 is 1.60 bits per heavy atom. The lowest BCUT2D eigenvalue weighted by atomic mass is 9.90. The van der Waals surface area contributed by atoms with Crippen LogP contribution >= 0.6 is 15.9 Å². The monoisotopic (exact) mass is 273 g/mol. The summed E-state index contributed by atoms with van der Waals surface area (Å²) in [6.45, 7) is 3.92. The van der Waals surface area contributed by atoms with Gasteiger partial charge in [-0.2, -0.15) is 0 Å². The number of halogens is 1. The maximum atomic E-state index is 12.3. The normalized spacial score (nSPS) is 15.3. The Balaban J connectivity index is 3.08. The van der Waals surface area contributed by atoms with E-state index in [2.05, 4.69) is 15.9 Å². The first kappa shape index (κ1) is 12.5. The first-order valence-electron chi connectivity index (χ1n) is 4.88. The van der Waals surface area contributed by atoms with E-state index in [1.165, 1.54) is 6.26 Å². The Morgan fingerprint density at radius 3 is 2.53 bits per heavy atom. The first-order valence-corrected chi connectivity index (χ1v) is 5.68. The molecule has 0 radical (unpaired) electrons. The van der Waals surface area contributed by atoms with Crippen molar-refractivity contribution in [3.63, 3.8) is 0 Å². The van der Waals surface area contributed by atoms with Gasteiger partial charge in [0.1, 0.15) is 0 Å². The minimum atomic E-state index is -0.514. The molecule has 0 fully saturated rings. The van der Waals surface area contributed by atoms with Crippen molar-refractivity contribution >= 4 is 21.7 Å². The molecule has 1 atom stereocenters. The summed E-state index contributed by atoms with van der Waals surface area (Å²) < 4.78 is 5.92. The second-order valence-electron chi connectivity index (χ2n) is 3.95. The zero-order valence-corrected chi connectivity index (χ0v) is 11.1. The van der Waals surface area contributed by atoms with E-state index >= 15 is 0 Å². The van der Waals surface area contributed by atoms with Crippen molar-refractivity contribution in [3.05, 3.63) is 22.6 Å². The van der Waals surface area contributed by atoms with E-state index in [4.69, 9.17) is 4.42 Å². The van der Waals surface area contributed by atoms with Crippen molar-refractivity contribution in [1.29, 1.82) is 0 Å². The van der Waals surface area contributed by atoms with E-state index < -0.39 is 5.54 Å². The molecule has 3 nitrogen and oxygen atoms in total. The highest BCUT2D eigenvalue weighted by atomic mass is 79.9. The van der Waals surface area contributed by atoms with Crippen LogP contribution in [0.1, 0.15) is 30.8 Å². The Hall–Kier alpha value is -0.610. The lowest BCUT2D eigenvalue weighted by Crippen LogP contribution is -2.48. The second-order valence-corrected chi connectivity index (χ2v) is 4.80. The Kier molecular flexibility index (Phi) is 3.73. The summed E-state index contributed by atoms with van der Waals surface area (Å²) in [4.78, 5) is 14.2. The number of Topliss-reactive ketones (excluding diaryl/α,β-unsaturated/α-hetero) is 1. The lowest BCUT2D eigenvalue weighted by Gasteiger charge is -2.33. The average Bonchev–Trinajstić information content (AvgIpc) is 2.61. The molecule has 4 heteroatoms. The largest absolute Gasteiger partial charge is 0.460 e. The third-order valence-corrected chi connectivity index (χ3v) is 3.61. The van der Waals surface area contributed by atoms with Crippen LogP contribution in [0.15, 0.2) is 21.2 Å². The lowest BCUT2D eigenvalue weighted by molar-refractivity contribution is 0.0679. The van der Waals surface area contributed by atoms with Gasteiger partial charge >= 0.3 is 0 Å². The van der Waals surface area contributed by atoms with Crippen LogP contribution in [0.2, 0.25) is 0 Å². The van der Waals surface area contributed by atoms with Crippen LogP contribution in [0.4, 0.5) is 0 Å². The summed E-state index contributed by atoms with van der Waals surface area (Å²) in [7, 11) is 3.80. The standard InChI is InChI=1S/C11H16BrNO2/c1-5-11(2,13(3)4)10(14)9-8(12)6-7-15-9/h6-7H,5H2,1-4H3. The Morgan fingerprint density at radius 2 is 2.20 bits per heavy atom. The second kappa shape index (κ2) is 4.49. The molecular formula is C11H16BrNO2. The fourth-order valence-corrected chi connectivity index (χ4v) is 1.76. The third kappa shape index (κ3) is 2.16. The number of furan rings is 1. The van der Waals surface area contributed by atoms with Crippen LogP contribution in [0.3, 0.4) is 0 Å². The molecule has 0 saturated carbocycles. The zero-order valence-electron chi connectivity index (χ0n) is 9.50. The average molecular weight is 274 g/mol. The van der Waals surface area contributed by atoms with Gasteiger partial charge in [0.15, 0.2) is 5.76 Å². The van der Waals surface area contributed by atoms with Gasteiger partial charge in [0.05, 0.1) is 16.3 Å². The molecule has 0 aliphatic heterocycles. The van der Waals surface area contributed by atoms with E-state index in [1.807, 2.05) is 32.8 Å². The van der Waals surface area contributed by atoms with Gasteiger partial charge in [0.2, 0.25) is 5.78 Å². The summed E-state index contributed by atoms with van der Waals surface area (Å²) in [5, 5.41) is 0. The van der Waals surface area contributed by atoms with Crippen molar-refractivity contribution in [1.82, 2.24) is 4.90 Å². The molecule has 1 aromatic heterocycles. The van der Waals surface area contributed by atoms with Crippen molar-refractivity contribution in [3.8, 4) is 0 Å². The van der Waals surface area contributed by atoms with Gasteiger partial charge in [-0.05, 0) is 49.4 Å². The topological polar surface area (TPSA) is 33.5 Å². The van der Waals surface area contributed by atoms with Crippen LogP contribution in [0, 0.1) is 0 Å². The van der Waals surface area contributed by atoms with Gasteiger partial charge in [-0.1, -0.05) is 6.92 Å². The highest BCUT2D eigenvalue weighted by Gasteiger charge is 2.37. The smallest absolute Gasteiger partial charge is 0.218 e. The number of hydrogen-bond acceptors (Lipinski definition) is 3. The summed E-state index contributed by atoms with van der Waals surface area (Å²) in [6.07, 6.45) is 2.26. The SMILES string of the molecule is CCC(C)(C(=O)c1occc1Br)N(C)C. The van der Waals surface area contributed by atoms with Gasteiger partial charge in [0, 0.05) is 0 Å². The predicted octanol–water partition coefficient (Wildman–Crippen LogP) is 2.96. The highest BCUT2D eigenvalue weighted by Crippen LogP contribution is 2.27. The van der Waals surface area contributed by atoms with E-state index in [9.17, 15) is 4.79 Å². The molecule has 0 aromatic carbocycles. The molecular weight excluding hydrogens is 258 g/mol. The summed E-state index contributed by atoms with van der Waals surface area (Å²) >= 11 is 3.30. The van der Waals surface area contributed by atoms with Crippen molar-refractivity contribution < 1.29 is 9.21 Å². The molecule has 84 valence electrons. The van der Waals surface area contributed by atoms with E-state index in [0.29, 0.717) is 10.2 Å². The number of rotatable bonds is 4. The maximum absolute atomic E-state index is 12.3. The first-order chi connectivity index (χ1) is 6.93. The van der Waals surface area contributed by atoms with Crippen molar-refractivity contribution in [2.24, 2.45) is 0 Å². The van der Waals surface area contributed by atoms with Gasteiger partial charge in [0.25, 0.3) is 0 Å². The Labute approximate surface area is 98.6 Å². The number of ketones is 1. The molecule has 0 saturated heterocycles. The van der Waals surface area contributed by atoms with Crippen LogP contribution in [-0.4, -0.2) is 30.3 Å². The minimum absolute atomic E-state index is 0.00637. The van der Waals surface area contributed by atoms with E-state index in [-0.39, 0.29) is 5.78 Å². The molecule has 0 bridgehead atoms. The quantitative estimate of drug-likeness (QED) is 0.791. The number of likely N-dealkylation sites (N-methyl/N-ethyl adjacent to an activating group) is 1. The number of carbonyl (C=O) groups is 1. The maximum Gasteiger partial charge on any atom is 0.218 e. The fraction of sp³-hybridized carbons (Fsp3) is 0.545. The molecule has 0 N–H and O–H groups in total.